The van der Waals surface area contributed by atoms with Crippen molar-refractivity contribution in [3.63, 3.8) is 0 Å². The maximum Gasteiger partial charge on any atom is 0.386 e. The Hall–Kier alpha value is -2.49. The van der Waals surface area contributed by atoms with Gasteiger partial charge in [-0.3, -0.25) is 22.7 Å². The number of aliphatic hydroxyl groups excluding tert-OH is 1. The van der Waals surface area contributed by atoms with Gasteiger partial charge in [0.2, 0.25) is 0 Å². The Morgan fingerprint density at radius 2 is 1.57 bits per heavy atom. The number of aliphatic hydroxyl groups is 1. The molecule has 2 unspecified atom stereocenters. The van der Waals surface area contributed by atoms with Crippen molar-refractivity contribution in [3.05, 3.63) is 25.3 Å². The average Bonchev–Trinajstić information content (AvgIpc) is 3.75. The molecule has 0 amide bonds. The van der Waals surface area contributed by atoms with Crippen LogP contribution >= 0.6 is 38.1 Å². The van der Waals surface area contributed by atoms with Crippen molar-refractivity contribution >= 4 is 72.1 Å². The van der Waals surface area contributed by atoms with E-state index in [0.717, 1.165) is 7.11 Å². The first-order valence-corrected chi connectivity index (χ1v) is 18.0. The molecule has 0 saturated carbocycles. The second-order valence-corrected chi connectivity index (χ2v) is 15.4. The molecule has 2 aliphatic rings. The van der Waals surface area contributed by atoms with Crippen LogP contribution in [0.15, 0.2) is 25.3 Å². The Kier molecular flexibility index (Phi) is 8.61. The molecule has 238 valence electrons. The third-order valence-corrected chi connectivity index (χ3v) is 10.2. The predicted molar refractivity (Wildman–Crippen MR) is 155 cm³/mol. The van der Waals surface area contributed by atoms with Gasteiger partial charge >= 0.3 is 13.6 Å². The Balaban J connectivity index is 1.15. The van der Waals surface area contributed by atoms with Crippen LogP contribution in [0.25, 0.3) is 22.3 Å². The number of nitrogen functional groups attached to an aromatic ring is 2. The van der Waals surface area contributed by atoms with Crippen LogP contribution in [0.1, 0.15) is 12.5 Å². The Morgan fingerprint density at radius 1 is 0.977 bits per heavy atom. The summed E-state index contributed by atoms with van der Waals surface area (Å²) in [6.45, 7) is -9.15. The van der Waals surface area contributed by atoms with E-state index in [1.165, 1.54) is 34.4 Å². The summed E-state index contributed by atoms with van der Waals surface area (Å²) in [6, 6.07) is 0. The molecule has 2 fully saturated rings. The van der Waals surface area contributed by atoms with Gasteiger partial charge in [0.15, 0.2) is 41.6 Å². The van der Waals surface area contributed by atoms with E-state index in [9.17, 15) is 14.2 Å². The molecule has 0 radical (unpaired) electrons. The third kappa shape index (κ3) is 5.92. The predicted octanol–water partition coefficient (Wildman–Crippen LogP) is 1.46. The van der Waals surface area contributed by atoms with Gasteiger partial charge in [0, 0.05) is 7.11 Å². The zero-order valence-corrected chi connectivity index (χ0v) is 26.0. The number of thiol groups is 2. The van der Waals surface area contributed by atoms with E-state index in [-0.39, 0.29) is 40.6 Å². The van der Waals surface area contributed by atoms with Crippen LogP contribution in [-0.2, 0) is 36.7 Å². The van der Waals surface area contributed by atoms with Crippen molar-refractivity contribution in [1.29, 1.82) is 0 Å². The second kappa shape index (κ2) is 12.0. The molecule has 0 aliphatic carbocycles. The summed E-state index contributed by atoms with van der Waals surface area (Å²) in [5.41, 5.74) is 12.6. The smallest absolute Gasteiger partial charge is 0.386 e. The minimum absolute atomic E-state index is 0.0810. The first-order valence-electron chi connectivity index (χ1n) is 12.6. The number of rotatable bonds is 10. The van der Waals surface area contributed by atoms with Gasteiger partial charge in [0.1, 0.15) is 48.1 Å². The van der Waals surface area contributed by atoms with E-state index in [2.05, 4.69) is 54.4 Å². The molecule has 9 atom stereocenters. The van der Waals surface area contributed by atoms with Gasteiger partial charge in [-0.15, -0.1) is 0 Å². The fraction of sp³-hybridized carbons (Fsp3) is 0.500. The standard InChI is InChI=1S/C20H25FN10O9P2S2/c1-35-41(33,43)40-14-13(32)9(38-20(14)31-7-29-12-16(23)25-5-27-18(12)31)3-37-42(34,44)39-8-2-36-19(10(8)21)30-6-28-11-15(22)24-4-26-17(11)30/h4-10,13-14,19-20,32H,2-3H2,1H3,(H,33,43)(H,34,44)(H2,22,24,26)(H2,23,25,27)/t8-,9-,10-,13-,14-,19-,20-,41?,42?/m1/s1. The maximum absolute atomic E-state index is 15.4. The molecule has 5 N–H and O–H groups in total. The monoisotopic (exact) mass is 694 g/mol. The van der Waals surface area contributed by atoms with Crippen molar-refractivity contribution in [3.8, 4) is 0 Å². The molecule has 6 rings (SSSR count). The minimum Gasteiger partial charge on any atom is -0.387 e. The summed E-state index contributed by atoms with van der Waals surface area (Å²) in [5, 5.41) is 11.1. The maximum atomic E-state index is 15.4. The van der Waals surface area contributed by atoms with E-state index in [4.69, 9.17) is 39.0 Å². The molecule has 4 aromatic heterocycles. The fourth-order valence-corrected chi connectivity index (χ4v) is 7.18. The summed E-state index contributed by atoms with van der Waals surface area (Å²) in [7, 11) is 1.11. The topological polar surface area (TPSA) is 249 Å². The van der Waals surface area contributed by atoms with Gasteiger partial charge in [-0.25, -0.2) is 43.4 Å². The van der Waals surface area contributed by atoms with Crippen molar-refractivity contribution in [2.75, 3.05) is 31.8 Å². The summed E-state index contributed by atoms with van der Waals surface area (Å²) in [6.07, 6.45) is -4.84. The summed E-state index contributed by atoms with van der Waals surface area (Å²) in [4.78, 5) is 24.2. The highest BCUT2D eigenvalue weighted by Gasteiger charge is 2.50. The molecule has 0 spiro atoms. The average molecular weight is 695 g/mol. The zero-order valence-electron chi connectivity index (χ0n) is 22.4. The van der Waals surface area contributed by atoms with Crippen LogP contribution in [0.3, 0.4) is 0 Å². The lowest BCUT2D eigenvalue weighted by molar-refractivity contribution is -0.0472. The minimum atomic E-state index is -4.29. The Labute approximate surface area is 257 Å². The number of hydrogen-bond acceptors (Lipinski definition) is 17. The fourth-order valence-electron chi connectivity index (χ4n) is 4.76. The molecule has 2 aliphatic heterocycles. The highest BCUT2D eigenvalue weighted by Crippen LogP contribution is 2.58. The number of anilines is 2. The van der Waals surface area contributed by atoms with Gasteiger partial charge in [-0.1, -0.05) is 24.5 Å². The number of aromatic nitrogens is 8. The van der Waals surface area contributed by atoms with Crippen LogP contribution in [-0.4, -0.2) is 95.1 Å². The zero-order chi connectivity index (χ0) is 31.4. The van der Waals surface area contributed by atoms with Crippen molar-refractivity contribution in [2.24, 2.45) is 0 Å². The molecule has 0 bridgehead atoms. The van der Waals surface area contributed by atoms with Crippen LogP contribution in [0.4, 0.5) is 16.0 Å². The number of nitrogens with two attached hydrogens (primary N) is 2. The van der Waals surface area contributed by atoms with Gasteiger partial charge in [-0.2, -0.15) is 0 Å². The molecule has 2 saturated heterocycles. The number of ether oxygens (including phenoxy) is 2. The van der Waals surface area contributed by atoms with Crippen LogP contribution in [0.2, 0.25) is 0 Å². The van der Waals surface area contributed by atoms with Crippen molar-refractivity contribution < 1.29 is 46.2 Å². The summed E-state index contributed by atoms with van der Waals surface area (Å²) in [5.74, 6) is 0.185. The quantitative estimate of drug-likeness (QED) is 0.116. The van der Waals surface area contributed by atoms with E-state index >= 15 is 4.39 Å². The Bertz CT molecular complexity index is 1790. The molecule has 4 aromatic rings. The summed E-state index contributed by atoms with van der Waals surface area (Å²) < 4.78 is 76.4. The number of nitrogens with zero attached hydrogens (tertiary/aromatic N) is 8. The number of fused-ring (bicyclic) bond motifs is 2. The van der Waals surface area contributed by atoms with Crippen molar-refractivity contribution in [1.82, 2.24) is 39.0 Å². The van der Waals surface area contributed by atoms with Gasteiger partial charge in [-0.05, 0) is 0 Å². The first kappa shape index (κ1) is 31.5. The van der Waals surface area contributed by atoms with E-state index in [0.29, 0.717) is 0 Å². The highest BCUT2D eigenvalue weighted by molar-refractivity contribution is 8.44. The van der Waals surface area contributed by atoms with Crippen LogP contribution < -0.4 is 11.5 Å². The summed E-state index contributed by atoms with van der Waals surface area (Å²) >= 11 is 7.86. The first-order chi connectivity index (χ1) is 20.9. The molecule has 24 heteroatoms. The van der Waals surface area contributed by atoms with E-state index in [1.54, 1.807) is 0 Å². The third-order valence-electron chi connectivity index (χ3n) is 6.85. The molecule has 44 heavy (non-hydrogen) atoms. The largest absolute Gasteiger partial charge is 0.387 e. The number of imidazole rings is 2. The van der Waals surface area contributed by atoms with E-state index < -0.39 is 63.2 Å². The van der Waals surface area contributed by atoms with E-state index in [1.807, 2.05) is 0 Å². The normalized spacial score (nSPS) is 30.2. The number of hydrogen-bond donors (Lipinski definition) is 5. The van der Waals surface area contributed by atoms with Crippen LogP contribution in [0, 0.1) is 0 Å². The molecular formula is C20H25FN10O9P2S2. The lowest BCUT2D eigenvalue weighted by Gasteiger charge is -2.24. The molecule has 0 aromatic carbocycles. The van der Waals surface area contributed by atoms with Crippen LogP contribution in [0.5, 0.6) is 0 Å². The van der Waals surface area contributed by atoms with Gasteiger partial charge < -0.3 is 30.6 Å². The second-order valence-electron chi connectivity index (χ2n) is 9.52. The molecular weight excluding hydrogens is 669 g/mol. The molecule has 6 heterocycles. The highest BCUT2D eigenvalue weighted by atomic mass is 32.7. The Morgan fingerprint density at radius 3 is 2.16 bits per heavy atom. The number of alkyl halides is 1. The van der Waals surface area contributed by atoms with Crippen molar-refractivity contribution in [2.45, 2.75) is 43.0 Å². The lowest BCUT2D eigenvalue weighted by Crippen LogP contribution is -2.35. The van der Waals surface area contributed by atoms with Gasteiger partial charge in [0.25, 0.3) is 0 Å². The molecule has 19 nitrogen and oxygen atoms in total. The lowest BCUT2D eigenvalue weighted by atomic mass is 10.1. The number of halogens is 1. The SMILES string of the molecule is COP(=O)(S)O[C@@H]1[C@H](O)[C@@H](COP(=O)(S)O[C@@H]2CO[C@@H](n3cnc4c(N)ncnc43)[C@@H]2F)O[C@H]1n1cnc2c(N)ncnc21. The van der Waals surface area contributed by atoms with Gasteiger partial charge in [0.05, 0.1) is 25.9 Å².